The van der Waals surface area contributed by atoms with E-state index in [1.165, 1.54) is 10.9 Å². The maximum atomic E-state index is 12.6. The number of halogens is 2. The number of fused-ring (bicyclic) bond motifs is 1. The van der Waals surface area contributed by atoms with Gasteiger partial charge in [-0.1, -0.05) is 39.7 Å². The highest BCUT2D eigenvalue weighted by atomic mass is 79.9. The summed E-state index contributed by atoms with van der Waals surface area (Å²) in [5.41, 5.74) is 1.45. The molecule has 3 rings (SSSR count). The van der Waals surface area contributed by atoms with Gasteiger partial charge in [-0.05, 0) is 35.9 Å². The number of amides is 1. The van der Waals surface area contributed by atoms with Crippen LogP contribution < -0.4 is 5.56 Å². The summed E-state index contributed by atoms with van der Waals surface area (Å²) in [6.07, 6.45) is 1.71. The third-order valence-electron chi connectivity index (χ3n) is 4.09. The number of aromatic nitrogens is 2. The van der Waals surface area contributed by atoms with Gasteiger partial charge in [0.2, 0.25) is 5.91 Å². The van der Waals surface area contributed by atoms with Gasteiger partial charge < -0.3 is 4.90 Å². The quantitative estimate of drug-likeness (QED) is 0.613. The molecule has 3 aromatic rings. The molecular formula is C19H17BrClN3O2. The lowest BCUT2D eigenvalue weighted by Gasteiger charge is -2.18. The van der Waals surface area contributed by atoms with Gasteiger partial charge in [0.1, 0.15) is 0 Å². The molecule has 0 N–H and O–H groups in total. The van der Waals surface area contributed by atoms with Gasteiger partial charge in [-0.2, -0.15) is 0 Å². The van der Waals surface area contributed by atoms with Crippen LogP contribution in [-0.4, -0.2) is 27.4 Å². The molecule has 0 aliphatic carbocycles. The smallest absolute Gasteiger partial charge is 0.261 e. The predicted molar refractivity (Wildman–Crippen MR) is 106 cm³/mol. The highest BCUT2D eigenvalue weighted by Gasteiger charge is 2.11. The van der Waals surface area contributed by atoms with Crippen molar-refractivity contribution in [2.75, 3.05) is 7.05 Å². The van der Waals surface area contributed by atoms with Gasteiger partial charge >= 0.3 is 0 Å². The Bertz CT molecular complexity index is 1020. The Kier molecular flexibility index (Phi) is 5.74. The number of carbonyl (C=O) groups excluding carboxylic acids is 1. The number of hydrogen-bond donors (Lipinski definition) is 0. The van der Waals surface area contributed by atoms with E-state index in [0.29, 0.717) is 22.5 Å². The van der Waals surface area contributed by atoms with E-state index < -0.39 is 0 Å². The number of aryl methyl sites for hydroxylation is 1. The number of nitrogens with zero attached hydrogens (tertiary/aromatic N) is 3. The molecule has 1 amide bonds. The zero-order chi connectivity index (χ0) is 18.7. The molecule has 0 aliphatic rings. The highest BCUT2D eigenvalue weighted by molar-refractivity contribution is 9.10. The van der Waals surface area contributed by atoms with Crippen molar-refractivity contribution in [3.05, 3.63) is 74.2 Å². The lowest BCUT2D eigenvalue weighted by molar-refractivity contribution is -0.130. The molecule has 0 bridgehead atoms. The van der Waals surface area contributed by atoms with Crippen molar-refractivity contribution in [3.63, 3.8) is 0 Å². The third-order valence-corrected chi connectivity index (χ3v) is 4.82. The van der Waals surface area contributed by atoms with Crippen LogP contribution in [0.2, 0.25) is 5.02 Å². The minimum Gasteiger partial charge on any atom is -0.341 e. The Balaban J connectivity index is 1.68. The molecule has 0 unspecified atom stereocenters. The average Bonchev–Trinajstić information content (AvgIpc) is 2.61. The molecule has 0 saturated heterocycles. The lowest BCUT2D eigenvalue weighted by atomic mass is 10.2. The average molecular weight is 435 g/mol. The molecule has 5 nitrogen and oxygen atoms in total. The molecule has 134 valence electrons. The van der Waals surface area contributed by atoms with E-state index in [0.717, 1.165) is 10.0 Å². The van der Waals surface area contributed by atoms with Crippen molar-refractivity contribution >= 4 is 44.3 Å². The van der Waals surface area contributed by atoms with E-state index in [1.807, 2.05) is 24.3 Å². The van der Waals surface area contributed by atoms with Crippen molar-refractivity contribution in [3.8, 4) is 0 Å². The molecule has 2 aromatic carbocycles. The third kappa shape index (κ3) is 4.31. The number of hydrogen-bond acceptors (Lipinski definition) is 3. The summed E-state index contributed by atoms with van der Waals surface area (Å²) in [5, 5.41) is 1.17. The summed E-state index contributed by atoms with van der Waals surface area (Å²) >= 11 is 9.34. The van der Waals surface area contributed by atoms with E-state index in [2.05, 4.69) is 20.9 Å². The maximum Gasteiger partial charge on any atom is 0.261 e. The lowest BCUT2D eigenvalue weighted by Crippen LogP contribution is -2.29. The Morgan fingerprint density at radius 2 is 2.08 bits per heavy atom. The van der Waals surface area contributed by atoms with Crippen molar-refractivity contribution < 1.29 is 4.79 Å². The topological polar surface area (TPSA) is 55.2 Å². The van der Waals surface area contributed by atoms with Gasteiger partial charge in [0.15, 0.2) is 0 Å². The van der Waals surface area contributed by atoms with E-state index in [4.69, 9.17) is 11.6 Å². The second kappa shape index (κ2) is 8.01. The standard InChI is InChI=1S/C19H17BrClN3O2/c1-23(11-13-3-2-4-15(21)9-13)18(25)7-8-24-12-22-17-6-5-14(20)10-16(17)19(24)26/h2-6,9-10,12H,7-8,11H2,1H3. The molecule has 1 heterocycles. The second-order valence-corrected chi connectivity index (χ2v) is 7.39. The second-order valence-electron chi connectivity index (χ2n) is 6.03. The van der Waals surface area contributed by atoms with Crippen LogP contribution >= 0.6 is 27.5 Å². The maximum absolute atomic E-state index is 12.6. The fourth-order valence-electron chi connectivity index (χ4n) is 2.69. The molecule has 0 radical (unpaired) electrons. The highest BCUT2D eigenvalue weighted by Crippen LogP contribution is 2.15. The van der Waals surface area contributed by atoms with Crippen molar-refractivity contribution in [1.29, 1.82) is 0 Å². The number of benzene rings is 2. The molecule has 7 heteroatoms. The van der Waals surface area contributed by atoms with Gasteiger partial charge in [0.25, 0.3) is 5.56 Å². The van der Waals surface area contributed by atoms with E-state index in [1.54, 1.807) is 30.1 Å². The van der Waals surface area contributed by atoms with Crippen LogP contribution in [0.1, 0.15) is 12.0 Å². The molecule has 0 fully saturated rings. The summed E-state index contributed by atoms with van der Waals surface area (Å²) in [5.74, 6) is -0.0498. The first-order chi connectivity index (χ1) is 12.4. The fourth-order valence-corrected chi connectivity index (χ4v) is 3.27. The molecular weight excluding hydrogens is 418 g/mol. The molecule has 0 atom stereocenters. The normalized spacial score (nSPS) is 10.9. The first-order valence-corrected chi connectivity index (χ1v) is 9.24. The van der Waals surface area contributed by atoms with E-state index in [-0.39, 0.29) is 24.4 Å². The Morgan fingerprint density at radius 1 is 1.27 bits per heavy atom. The van der Waals surface area contributed by atoms with Gasteiger partial charge in [-0.25, -0.2) is 4.98 Å². The van der Waals surface area contributed by atoms with Gasteiger partial charge in [0, 0.05) is 36.1 Å². The molecule has 1 aromatic heterocycles. The largest absolute Gasteiger partial charge is 0.341 e. The van der Waals surface area contributed by atoms with Gasteiger partial charge in [0.05, 0.1) is 17.2 Å². The first-order valence-electron chi connectivity index (χ1n) is 8.07. The van der Waals surface area contributed by atoms with Crippen LogP contribution in [-0.2, 0) is 17.9 Å². The van der Waals surface area contributed by atoms with Gasteiger partial charge in [-0.3, -0.25) is 14.2 Å². The zero-order valence-corrected chi connectivity index (χ0v) is 16.5. The first kappa shape index (κ1) is 18.6. The Morgan fingerprint density at radius 3 is 2.85 bits per heavy atom. The summed E-state index contributed by atoms with van der Waals surface area (Å²) in [4.78, 5) is 30.9. The SMILES string of the molecule is CN(Cc1cccc(Cl)c1)C(=O)CCn1cnc2ccc(Br)cc2c1=O. The summed E-state index contributed by atoms with van der Waals surface area (Å²) in [7, 11) is 1.74. The summed E-state index contributed by atoms with van der Waals surface area (Å²) < 4.78 is 2.29. The van der Waals surface area contributed by atoms with Crippen molar-refractivity contribution in [2.24, 2.45) is 0 Å². The van der Waals surface area contributed by atoms with E-state index in [9.17, 15) is 9.59 Å². The molecule has 0 spiro atoms. The van der Waals surface area contributed by atoms with Crippen LogP contribution in [0.5, 0.6) is 0 Å². The van der Waals surface area contributed by atoms with Crippen LogP contribution in [0.15, 0.2) is 58.1 Å². The summed E-state index contributed by atoms with van der Waals surface area (Å²) in [6, 6.07) is 12.8. The summed E-state index contributed by atoms with van der Waals surface area (Å²) in [6.45, 7) is 0.754. The van der Waals surface area contributed by atoms with Crippen LogP contribution in [0.3, 0.4) is 0 Å². The number of carbonyl (C=O) groups is 1. The van der Waals surface area contributed by atoms with Crippen LogP contribution in [0, 0.1) is 0 Å². The van der Waals surface area contributed by atoms with Crippen molar-refractivity contribution in [1.82, 2.24) is 14.5 Å². The Hall–Kier alpha value is -2.18. The van der Waals surface area contributed by atoms with Gasteiger partial charge in [-0.15, -0.1) is 0 Å². The van der Waals surface area contributed by atoms with E-state index >= 15 is 0 Å². The predicted octanol–water partition coefficient (Wildman–Crippen LogP) is 3.86. The fraction of sp³-hybridized carbons (Fsp3) is 0.211. The minimum absolute atomic E-state index is 0.0498. The molecule has 0 saturated carbocycles. The molecule has 26 heavy (non-hydrogen) atoms. The monoisotopic (exact) mass is 433 g/mol. The van der Waals surface area contributed by atoms with Crippen LogP contribution in [0.4, 0.5) is 0 Å². The number of rotatable bonds is 5. The Labute approximate surface area is 164 Å². The van der Waals surface area contributed by atoms with Crippen molar-refractivity contribution in [2.45, 2.75) is 19.5 Å². The zero-order valence-electron chi connectivity index (χ0n) is 14.2. The molecule has 0 aliphatic heterocycles. The van der Waals surface area contributed by atoms with Crippen LogP contribution in [0.25, 0.3) is 10.9 Å². The minimum atomic E-state index is -0.151.